The number of aliphatic hydroxyl groups excluding tert-OH is 1. The van der Waals surface area contributed by atoms with Gasteiger partial charge in [-0.2, -0.15) is 0 Å². The molecule has 1 aromatic heterocycles. The molecular formula is C17H16O2. The predicted octanol–water partition coefficient (Wildman–Crippen LogP) is 4.02. The van der Waals surface area contributed by atoms with Gasteiger partial charge in [0.15, 0.2) is 0 Å². The number of aryl methyl sites for hydroxylation is 1. The largest absolute Gasteiger partial charge is 0.466 e. The molecule has 2 nitrogen and oxygen atoms in total. The fourth-order valence-electron chi connectivity index (χ4n) is 2.50. The van der Waals surface area contributed by atoms with Crippen molar-refractivity contribution in [2.45, 2.75) is 19.4 Å². The van der Waals surface area contributed by atoms with Crippen molar-refractivity contribution in [2.24, 2.45) is 0 Å². The minimum absolute atomic E-state index is 0.565. The molecule has 1 unspecified atom stereocenters. The zero-order chi connectivity index (χ0) is 13.2. The van der Waals surface area contributed by atoms with E-state index in [1.165, 1.54) is 10.8 Å². The Morgan fingerprint density at radius 3 is 2.63 bits per heavy atom. The summed E-state index contributed by atoms with van der Waals surface area (Å²) in [5.41, 5.74) is 2.13. The fourth-order valence-corrected chi connectivity index (χ4v) is 2.50. The Kier molecular flexibility index (Phi) is 3.10. The zero-order valence-corrected chi connectivity index (χ0v) is 10.8. The van der Waals surface area contributed by atoms with Crippen molar-refractivity contribution in [1.82, 2.24) is 0 Å². The molecule has 0 amide bonds. The first-order valence-corrected chi connectivity index (χ1v) is 6.44. The van der Waals surface area contributed by atoms with Crippen LogP contribution in [0.3, 0.4) is 0 Å². The normalized spacial score (nSPS) is 12.7. The molecule has 19 heavy (non-hydrogen) atoms. The molecule has 1 atom stereocenters. The summed E-state index contributed by atoms with van der Waals surface area (Å²) in [7, 11) is 0. The minimum Gasteiger partial charge on any atom is -0.466 e. The molecule has 1 heterocycles. The van der Waals surface area contributed by atoms with Crippen molar-refractivity contribution in [2.75, 3.05) is 0 Å². The Morgan fingerprint density at radius 1 is 1.05 bits per heavy atom. The van der Waals surface area contributed by atoms with Gasteiger partial charge in [0.1, 0.15) is 11.9 Å². The molecule has 0 saturated carbocycles. The van der Waals surface area contributed by atoms with E-state index >= 15 is 0 Å². The molecule has 0 spiro atoms. The van der Waals surface area contributed by atoms with Crippen molar-refractivity contribution in [3.05, 3.63) is 71.7 Å². The average Bonchev–Trinajstić information content (AvgIpc) is 2.85. The molecule has 2 aromatic carbocycles. The predicted molar refractivity (Wildman–Crippen MR) is 76.1 cm³/mol. The number of rotatable bonds is 3. The second-order valence-electron chi connectivity index (χ2n) is 4.83. The highest BCUT2D eigenvalue weighted by Crippen LogP contribution is 2.26. The highest BCUT2D eigenvalue weighted by molar-refractivity contribution is 5.85. The molecule has 96 valence electrons. The lowest BCUT2D eigenvalue weighted by atomic mass is 9.98. The molecule has 2 heteroatoms. The van der Waals surface area contributed by atoms with Crippen LogP contribution in [-0.4, -0.2) is 5.11 Å². The van der Waals surface area contributed by atoms with Gasteiger partial charge in [-0.15, -0.1) is 0 Å². The molecule has 0 aliphatic carbocycles. The summed E-state index contributed by atoms with van der Waals surface area (Å²) in [4.78, 5) is 0. The number of aliphatic hydroxyl groups is 1. The maximum atomic E-state index is 10.3. The molecule has 0 saturated heterocycles. The number of hydrogen-bond acceptors (Lipinski definition) is 2. The third-order valence-electron chi connectivity index (χ3n) is 3.50. The van der Waals surface area contributed by atoms with Gasteiger partial charge in [0.25, 0.3) is 0 Å². The highest BCUT2D eigenvalue weighted by atomic mass is 16.4. The molecule has 3 rings (SSSR count). The molecule has 0 radical (unpaired) electrons. The Balaban J connectivity index is 1.96. The molecule has 0 bridgehead atoms. The molecule has 0 fully saturated rings. The number of furan rings is 1. The molecule has 1 N–H and O–H groups in total. The van der Waals surface area contributed by atoms with E-state index in [4.69, 9.17) is 4.42 Å². The van der Waals surface area contributed by atoms with Crippen LogP contribution in [0.4, 0.5) is 0 Å². The Labute approximate surface area is 112 Å². The van der Waals surface area contributed by atoms with Crippen LogP contribution < -0.4 is 0 Å². The van der Waals surface area contributed by atoms with Crippen LogP contribution in [0.15, 0.2) is 59.2 Å². The van der Waals surface area contributed by atoms with Crippen molar-refractivity contribution < 1.29 is 9.52 Å². The Bertz CT molecular complexity index is 692. The van der Waals surface area contributed by atoms with Crippen LogP contribution in [0.25, 0.3) is 10.8 Å². The monoisotopic (exact) mass is 252 g/mol. The van der Waals surface area contributed by atoms with Gasteiger partial charge in [0.05, 0.1) is 6.26 Å². The molecule has 3 aromatic rings. The maximum absolute atomic E-state index is 10.3. The van der Waals surface area contributed by atoms with Crippen molar-refractivity contribution in [3.8, 4) is 0 Å². The van der Waals surface area contributed by atoms with Crippen LogP contribution in [-0.2, 0) is 6.42 Å². The van der Waals surface area contributed by atoms with E-state index in [1.807, 2.05) is 31.2 Å². The number of benzene rings is 2. The fraction of sp³-hybridized carbons (Fsp3) is 0.176. The topological polar surface area (TPSA) is 33.4 Å². The Morgan fingerprint density at radius 2 is 1.84 bits per heavy atom. The van der Waals surface area contributed by atoms with Crippen molar-refractivity contribution in [1.29, 1.82) is 0 Å². The van der Waals surface area contributed by atoms with Crippen LogP contribution in [0.2, 0.25) is 0 Å². The van der Waals surface area contributed by atoms with E-state index in [1.54, 1.807) is 6.26 Å². The molecule has 0 aliphatic rings. The maximum Gasteiger partial charge on any atom is 0.135 e. The van der Waals surface area contributed by atoms with Crippen LogP contribution in [0, 0.1) is 6.92 Å². The van der Waals surface area contributed by atoms with E-state index in [-0.39, 0.29) is 0 Å². The van der Waals surface area contributed by atoms with E-state index < -0.39 is 6.10 Å². The van der Waals surface area contributed by atoms with Crippen LogP contribution >= 0.6 is 0 Å². The summed E-state index contributed by atoms with van der Waals surface area (Å²) >= 11 is 0. The Hall–Kier alpha value is -2.06. The van der Waals surface area contributed by atoms with Gasteiger partial charge in [-0.05, 0) is 34.9 Å². The molecular weight excluding hydrogens is 236 g/mol. The standard InChI is InChI=1S/C17H16O2/c1-12-9-10-19-17(12)16(18)11-14-7-4-6-13-5-2-3-8-15(13)14/h2-10,16,18H,11H2,1H3. The first-order valence-electron chi connectivity index (χ1n) is 6.44. The number of fused-ring (bicyclic) bond motifs is 1. The smallest absolute Gasteiger partial charge is 0.135 e. The van der Waals surface area contributed by atoms with Gasteiger partial charge >= 0.3 is 0 Å². The summed E-state index contributed by atoms with van der Waals surface area (Å²) in [6.45, 7) is 1.95. The van der Waals surface area contributed by atoms with Gasteiger partial charge in [-0.1, -0.05) is 42.5 Å². The summed E-state index contributed by atoms with van der Waals surface area (Å²) in [5, 5.41) is 12.7. The number of hydrogen-bond donors (Lipinski definition) is 1. The minimum atomic E-state index is -0.596. The quantitative estimate of drug-likeness (QED) is 0.763. The lowest BCUT2D eigenvalue weighted by Gasteiger charge is -2.11. The first-order chi connectivity index (χ1) is 9.25. The third kappa shape index (κ3) is 2.27. The van der Waals surface area contributed by atoms with Gasteiger partial charge in [0.2, 0.25) is 0 Å². The van der Waals surface area contributed by atoms with E-state index in [2.05, 4.69) is 24.3 Å². The molecule has 0 aliphatic heterocycles. The van der Waals surface area contributed by atoms with Crippen molar-refractivity contribution >= 4 is 10.8 Å². The second kappa shape index (κ2) is 4.90. The summed E-state index contributed by atoms with van der Waals surface area (Å²) in [6, 6.07) is 16.3. The average molecular weight is 252 g/mol. The third-order valence-corrected chi connectivity index (χ3v) is 3.50. The van der Waals surface area contributed by atoms with Gasteiger partial charge in [0, 0.05) is 6.42 Å². The summed E-state index contributed by atoms with van der Waals surface area (Å²) in [5.74, 6) is 0.660. The van der Waals surface area contributed by atoms with Crippen LogP contribution in [0.1, 0.15) is 23.0 Å². The lowest BCUT2D eigenvalue weighted by Crippen LogP contribution is -2.02. The SMILES string of the molecule is Cc1ccoc1C(O)Cc1cccc2ccccc12. The first kappa shape index (κ1) is 12.0. The highest BCUT2D eigenvalue weighted by Gasteiger charge is 2.15. The van der Waals surface area contributed by atoms with E-state index in [0.717, 1.165) is 11.1 Å². The van der Waals surface area contributed by atoms with Gasteiger partial charge < -0.3 is 9.52 Å². The summed E-state index contributed by atoms with van der Waals surface area (Å²) < 4.78 is 5.36. The van der Waals surface area contributed by atoms with Crippen LogP contribution in [0.5, 0.6) is 0 Å². The lowest BCUT2D eigenvalue weighted by molar-refractivity contribution is 0.149. The van der Waals surface area contributed by atoms with Gasteiger partial charge in [-0.3, -0.25) is 0 Å². The van der Waals surface area contributed by atoms with Crippen molar-refractivity contribution in [3.63, 3.8) is 0 Å². The van der Waals surface area contributed by atoms with E-state index in [9.17, 15) is 5.11 Å². The summed E-state index contributed by atoms with van der Waals surface area (Å²) in [6.07, 6.45) is 1.59. The van der Waals surface area contributed by atoms with Gasteiger partial charge in [-0.25, -0.2) is 0 Å². The van der Waals surface area contributed by atoms with E-state index in [0.29, 0.717) is 12.2 Å². The second-order valence-corrected chi connectivity index (χ2v) is 4.83. The zero-order valence-electron chi connectivity index (χ0n) is 10.8.